The van der Waals surface area contributed by atoms with Crippen molar-refractivity contribution in [2.75, 3.05) is 13.7 Å². The Morgan fingerprint density at radius 2 is 2.13 bits per heavy atom. The maximum absolute atomic E-state index is 12.2. The molecule has 0 aliphatic rings. The van der Waals surface area contributed by atoms with Crippen molar-refractivity contribution in [3.63, 3.8) is 0 Å². The van der Waals surface area contributed by atoms with Gasteiger partial charge in [0.05, 0.1) is 25.0 Å². The lowest BCUT2D eigenvalue weighted by Crippen LogP contribution is -1.98. The van der Waals surface area contributed by atoms with Gasteiger partial charge in [-0.3, -0.25) is 9.48 Å². The van der Waals surface area contributed by atoms with Gasteiger partial charge in [-0.25, -0.2) is 0 Å². The van der Waals surface area contributed by atoms with Crippen molar-refractivity contribution in [3.05, 3.63) is 47.3 Å². The zero-order valence-electron chi connectivity index (χ0n) is 14.0. The first-order valence-corrected chi connectivity index (χ1v) is 7.58. The molecule has 0 aliphatic carbocycles. The molecule has 0 saturated heterocycles. The van der Waals surface area contributed by atoms with Crippen LogP contribution >= 0.6 is 0 Å². The summed E-state index contributed by atoms with van der Waals surface area (Å²) in [5.41, 5.74) is 2.21. The quantitative estimate of drug-likeness (QED) is 0.580. The summed E-state index contributed by atoms with van der Waals surface area (Å²) in [5, 5.41) is 4.18. The molecule has 0 spiro atoms. The monoisotopic (exact) mass is 314 g/mol. The molecule has 0 saturated carbocycles. The highest BCUT2D eigenvalue weighted by atomic mass is 16.5. The molecule has 0 unspecified atom stereocenters. The molecule has 0 fully saturated rings. The summed E-state index contributed by atoms with van der Waals surface area (Å²) in [4.78, 5) is 12.2. The lowest BCUT2D eigenvalue weighted by Gasteiger charge is -2.10. The third kappa shape index (κ3) is 4.22. The number of methoxy groups -OCH3 is 1. The Morgan fingerprint density at radius 3 is 2.74 bits per heavy atom. The van der Waals surface area contributed by atoms with Crippen molar-refractivity contribution in [1.82, 2.24) is 9.78 Å². The molecule has 0 N–H and O–H groups in total. The van der Waals surface area contributed by atoms with E-state index in [0.717, 1.165) is 17.7 Å². The predicted molar refractivity (Wildman–Crippen MR) is 90.1 cm³/mol. The number of nitrogens with zero attached hydrogens (tertiary/aromatic N) is 2. The Kier molecular flexibility index (Phi) is 5.57. The van der Waals surface area contributed by atoms with E-state index in [4.69, 9.17) is 9.47 Å². The second kappa shape index (κ2) is 7.63. The minimum absolute atomic E-state index is 0.0686. The molecule has 1 aromatic carbocycles. The summed E-state index contributed by atoms with van der Waals surface area (Å²) in [6, 6.07) is 5.60. The van der Waals surface area contributed by atoms with Crippen LogP contribution in [0.5, 0.6) is 11.5 Å². The van der Waals surface area contributed by atoms with Crippen LogP contribution < -0.4 is 9.47 Å². The number of ketones is 1. The third-order valence-corrected chi connectivity index (χ3v) is 3.36. The minimum Gasteiger partial charge on any atom is -0.493 e. The van der Waals surface area contributed by atoms with E-state index < -0.39 is 0 Å². The highest BCUT2D eigenvalue weighted by molar-refractivity contribution is 6.07. The maximum Gasteiger partial charge on any atom is 0.189 e. The molecule has 0 bridgehead atoms. The van der Waals surface area contributed by atoms with E-state index in [1.54, 1.807) is 37.2 Å². The molecule has 1 aromatic heterocycles. The molecule has 5 nitrogen and oxygen atoms in total. The van der Waals surface area contributed by atoms with Crippen molar-refractivity contribution in [3.8, 4) is 11.5 Å². The molecule has 0 aliphatic heterocycles. The van der Waals surface area contributed by atoms with E-state index in [2.05, 4.69) is 12.0 Å². The Morgan fingerprint density at radius 1 is 1.35 bits per heavy atom. The fourth-order valence-corrected chi connectivity index (χ4v) is 2.22. The maximum atomic E-state index is 12.2. The first-order valence-electron chi connectivity index (χ1n) is 7.58. The number of allylic oxidation sites excluding steroid dienone is 1. The van der Waals surface area contributed by atoms with Crippen LogP contribution in [0.4, 0.5) is 0 Å². The standard InChI is InChI=1S/C18H22N2O3/c1-5-10-23-17-9-7-14(11-18(17)22-4)6-8-16(21)15-12-20(3)19-13(15)2/h6-9,11-12H,5,10H2,1-4H3. The Labute approximate surface area is 136 Å². The van der Waals surface area contributed by atoms with Crippen LogP contribution in [0.25, 0.3) is 6.08 Å². The van der Waals surface area contributed by atoms with Crippen LogP contribution in [-0.4, -0.2) is 29.3 Å². The Balaban J connectivity index is 2.16. The second-order valence-corrected chi connectivity index (χ2v) is 5.26. The number of benzene rings is 1. The van der Waals surface area contributed by atoms with Gasteiger partial charge in [0.2, 0.25) is 0 Å². The number of rotatable bonds is 7. The van der Waals surface area contributed by atoms with Crippen molar-refractivity contribution >= 4 is 11.9 Å². The number of carbonyl (C=O) groups excluding carboxylic acids is 1. The van der Waals surface area contributed by atoms with Gasteiger partial charge in [-0.15, -0.1) is 0 Å². The highest BCUT2D eigenvalue weighted by Crippen LogP contribution is 2.28. The molecule has 0 amide bonds. The molecule has 122 valence electrons. The molecular formula is C18H22N2O3. The van der Waals surface area contributed by atoms with Crippen LogP contribution in [0.3, 0.4) is 0 Å². The molecule has 0 radical (unpaired) electrons. The van der Waals surface area contributed by atoms with Crippen molar-refractivity contribution in [1.29, 1.82) is 0 Å². The Hall–Kier alpha value is -2.56. The fourth-order valence-electron chi connectivity index (χ4n) is 2.22. The first kappa shape index (κ1) is 16.8. The van der Waals surface area contributed by atoms with Crippen molar-refractivity contribution < 1.29 is 14.3 Å². The van der Waals surface area contributed by atoms with E-state index in [-0.39, 0.29) is 5.78 Å². The summed E-state index contributed by atoms with van der Waals surface area (Å²) in [6.45, 7) is 4.52. The zero-order chi connectivity index (χ0) is 16.8. The van der Waals surface area contributed by atoms with Crippen LogP contribution in [0, 0.1) is 6.92 Å². The molecule has 0 atom stereocenters. The van der Waals surface area contributed by atoms with E-state index in [1.165, 1.54) is 0 Å². The molecule has 2 rings (SSSR count). The smallest absolute Gasteiger partial charge is 0.189 e. The van der Waals surface area contributed by atoms with Gasteiger partial charge in [0.1, 0.15) is 0 Å². The van der Waals surface area contributed by atoms with E-state index in [9.17, 15) is 4.79 Å². The molecule has 5 heteroatoms. The van der Waals surface area contributed by atoms with Gasteiger partial charge in [-0.05, 0) is 37.1 Å². The van der Waals surface area contributed by atoms with Gasteiger partial charge >= 0.3 is 0 Å². The van der Waals surface area contributed by atoms with E-state index >= 15 is 0 Å². The van der Waals surface area contributed by atoms with Gasteiger partial charge in [-0.1, -0.05) is 19.1 Å². The van der Waals surface area contributed by atoms with Crippen LogP contribution in [0.15, 0.2) is 30.5 Å². The largest absolute Gasteiger partial charge is 0.493 e. The lowest BCUT2D eigenvalue weighted by atomic mass is 10.1. The normalized spacial score (nSPS) is 11.0. The number of aromatic nitrogens is 2. The van der Waals surface area contributed by atoms with Gasteiger partial charge < -0.3 is 9.47 Å². The predicted octanol–water partition coefficient (Wildman–Crippen LogP) is 3.42. The lowest BCUT2D eigenvalue weighted by molar-refractivity contribution is 0.104. The number of ether oxygens (including phenoxy) is 2. The van der Waals surface area contributed by atoms with Crippen LogP contribution in [-0.2, 0) is 7.05 Å². The van der Waals surface area contributed by atoms with Gasteiger partial charge in [-0.2, -0.15) is 5.10 Å². The van der Waals surface area contributed by atoms with Gasteiger partial charge in [0.15, 0.2) is 17.3 Å². The minimum atomic E-state index is -0.0686. The molecule has 2 aromatic rings. The summed E-state index contributed by atoms with van der Waals surface area (Å²) in [6.07, 6.45) is 5.97. The van der Waals surface area contributed by atoms with Gasteiger partial charge in [0.25, 0.3) is 0 Å². The summed E-state index contributed by atoms with van der Waals surface area (Å²) in [5.74, 6) is 1.30. The van der Waals surface area contributed by atoms with Gasteiger partial charge in [0, 0.05) is 13.2 Å². The second-order valence-electron chi connectivity index (χ2n) is 5.26. The highest BCUT2D eigenvalue weighted by Gasteiger charge is 2.10. The average Bonchev–Trinajstić information content (AvgIpc) is 2.89. The first-order chi connectivity index (χ1) is 11.0. The molecule has 23 heavy (non-hydrogen) atoms. The van der Waals surface area contributed by atoms with E-state index in [0.29, 0.717) is 23.7 Å². The number of hydrogen-bond donors (Lipinski definition) is 0. The molecule has 1 heterocycles. The van der Waals surface area contributed by atoms with E-state index in [1.807, 2.05) is 25.1 Å². The average molecular weight is 314 g/mol. The number of hydrogen-bond acceptors (Lipinski definition) is 4. The topological polar surface area (TPSA) is 53.4 Å². The summed E-state index contributed by atoms with van der Waals surface area (Å²) < 4.78 is 12.6. The number of carbonyl (C=O) groups is 1. The SMILES string of the molecule is CCCOc1ccc(C=CC(=O)c2cn(C)nc2C)cc1OC. The summed E-state index contributed by atoms with van der Waals surface area (Å²) >= 11 is 0. The van der Waals surface area contributed by atoms with Crippen LogP contribution in [0.1, 0.15) is 35.0 Å². The molecular weight excluding hydrogens is 292 g/mol. The van der Waals surface area contributed by atoms with Crippen LogP contribution in [0.2, 0.25) is 0 Å². The number of aryl methyl sites for hydroxylation is 2. The van der Waals surface area contributed by atoms with Crippen molar-refractivity contribution in [2.24, 2.45) is 7.05 Å². The fraction of sp³-hybridized carbons (Fsp3) is 0.333. The Bertz CT molecular complexity index is 717. The van der Waals surface area contributed by atoms with Crippen molar-refractivity contribution in [2.45, 2.75) is 20.3 Å². The zero-order valence-corrected chi connectivity index (χ0v) is 14.0. The summed E-state index contributed by atoms with van der Waals surface area (Å²) in [7, 11) is 3.40. The third-order valence-electron chi connectivity index (χ3n) is 3.36.